The Morgan fingerprint density at radius 1 is 1.04 bits per heavy atom. The average molecular weight is 391 g/mol. The summed E-state index contributed by atoms with van der Waals surface area (Å²) in [6.07, 6.45) is 3.39. The predicted molar refractivity (Wildman–Crippen MR) is 99.4 cm³/mol. The maximum atomic E-state index is 13.1. The van der Waals surface area contributed by atoms with Gasteiger partial charge in [-0.1, -0.05) is 24.6 Å². The van der Waals surface area contributed by atoms with E-state index in [2.05, 4.69) is 0 Å². The molecule has 1 heterocycles. The molecule has 3 rings (SSSR count). The van der Waals surface area contributed by atoms with Crippen LogP contribution in [0, 0.1) is 5.82 Å². The van der Waals surface area contributed by atoms with Crippen molar-refractivity contribution in [3.63, 3.8) is 0 Å². The van der Waals surface area contributed by atoms with E-state index in [-0.39, 0.29) is 17.1 Å². The minimum atomic E-state index is -3.45. The molecule has 27 heavy (non-hydrogen) atoms. The summed E-state index contributed by atoms with van der Waals surface area (Å²) in [7, 11) is -3.45. The van der Waals surface area contributed by atoms with Crippen LogP contribution in [-0.2, 0) is 21.2 Å². The largest absolute Gasteiger partial charge is 0.426 e. The molecule has 2 aromatic rings. The second-order valence-corrected chi connectivity index (χ2v) is 8.48. The number of piperidine rings is 1. The fraction of sp³-hybridized carbons (Fsp3) is 0.350. The number of esters is 1. The highest BCUT2D eigenvalue weighted by atomic mass is 32.2. The minimum absolute atomic E-state index is 0.120. The zero-order chi connectivity index (χ0) is 19.3. The van der Waals surface area contributed by atoms with Gasteiger partial charge in [0.2, 0.25) is 10.0 Å². The molecule has 0 bridgehead atoms. The van der Waals surface area contributed by atoms with Gasteiger partial charge < -0.3 is 4.74 Å². The van der Waals surface area contributed by atoms with Gasteiger partial charge in [-0.15, -0.1) is 0 Å². The summed E-state index contributed by atoms with van der Waals surface area (Å²) in [5.41, 5.74) is 0.837. The molecular formula is C20H22FNO4S. The minimum Gasteiger partial charge on any atom is -0.426 e. The van der Waals surface area contributed by atoms with Crippen molar-refractivity contribution in [2.45, 2.75) is 37.0 Å². The van der Waals surface area contributed by atoms with Crippen molar-refractivity contribution in [3.8, 4) is 5.75 Å². The van der Waals surface area contributed by atoms with Crippen LogP contribution < -0.4 is 4.74 Å². The van der Waals surface area contributed by atoms with Crippen molar-refractivity contribution in [1.29, 1.82) is 0 Å². The second kappa shape index (κ2) is 8.63. The topological polar surface area (TPSA) is 63.7 Å². The molecule has 1 saturated heterocycles. The first-order valence-corrected chi connectivity index (χ1v) is 10.4. The molecule has 1 fully saturated rings. The number of ether oxygens (including phenoxy) is 1. The SMILES string of the molecule is O=C(CCc1ccc(S(=O)(=O)N2CCCCC2)cc1)Oc1cccc(F)c1. The van der Waals surface area contributed by atoms with Gasteiger partial charge in [0.15, 0.2) is 0 Å². The van der Waals surface area contributed by atoms with E-state index in [0.29, 0.717) is 19.5 Å². The van der Waals surface area contributed by atoms with Crippen molar-refractivity contribution in [3.05, 3.63) is 59.9 Å². The standard InChI is InChI=1S/C20H22FNO4S/c21-17-5-4-6-18(15-17)26-20(23)12-9-16-7-10-19(11-8-16)27(24,25)22-13-2-1-3-14-22/h4-8,10-11,15H,1-3,9,12-14H2. The quantitative estimate of drug-likeness (QED) is 0.558. The lowest BCUT2D eigenvalue weighted by Gasteiger charge is -2.25. The Morgan fingerprint density at radius 3 is 2.41 bits per heavy atom. The van der Waals surface area contributed by atoms with E-state index in [1.807, 2.05) is 0 Å². The fourth-order valence-electron chi connectivity index (χ4n) is 3.04. The highest BCUT2D eigenvalue weighted by molar-refractivity contribution is 7.89. The summed E-state index contributed by atoms with van der Waals surface area (Å²) in [6, 6.07) is 12.0. The van der Waals surface area contributed by atoms with Crippen molar-refractivity contribution >= 4 is 16.0 Å². The van der Waals surface area contributed by atoms with E-state index in [1.165, 1.54) is 22.5 Å². The molecular weight excluding hydrogens is 369 g/mol. The Balaban J connectivity index is 1.56. The molecule has 5 nitrogen and oxygen atoms in total. The van der Waals surface area contributed by atoms with Gasteiger partial charge in [-0.3, -0.25) is 4.79 Å². The van der Waals surface area contributed by atoms with Gasteiger partial charge in [-0.05, 0) is 49.1 Å². The maximum absolute atomic E-state index is 13.1. The Bertz CT molecular complexity index is 890. The molecule has 0 spiro atoms. The summed E-state index contributed by atoms with van der Waals surface area (Å²) < 4.78 is 44.9. The van der Waals surface area contributed by atoms with E-state index in [4.69, 9.17) is 4.74 Å². The van der Waals surface area contributed by atoms with E-state index in [9.17, 15) is 17.6 Å². The van der Waals surface area contributed by atoms with Crippen molar-refractivity contribution in [2.24, 2.45) is 0 Å². The second-order valence-electron chi connectivity index (χ2n) is 6.54. The first-order chi connectivity index (χ1) is 12.9. The summed E-state index contributed by atoms with van der Waals surface area (Å²) in [6.45, 7) is 1.13. The smallest absolute Gasteiger partial charge is 0.311 e. The summed E-state index contributed by atoms with van der Waals surface area (Å²) >= 11 is 0. The lowest BCUT2D eigenvalue weighted by Crippen LogP contribution is -2.35. The highest BCUT2D eigenvalue weighted by Gasteiger charge is 2.25. The molecule has 0 radical (unpaired) electrons. The molecule has 0 aromatic heterocycles. The van der Waals surface area contributed by atoms with Gasteiger partial charge in [0.1, 0.15) is 11.6 Å². The lowest BCUT2D eigenvalue weighted by molar-refractivity contribution is -0.134. The predicted octanol–water partition coefficient (Wildman–Crippen LogP) is 3.54. The van der Waals surface area contributed by atoms with Crippen LogP contribution in [0.15, 0.2) is 53.4 Å². The van der Waals surface area contributed by atoms with Crippen LogP contribution in [0.25, 0.3) is 0 Å². The number of aryl methyl sites for hydroxylation is 1. The monoisotopic (exact) mass is 391 g/mol. The molecule has 1 aliphatic rings. The number of carbonyl (C=O) groups excluding carboxylic acids is 1. The molecule has 1 aliphatic heterocycles. The lowest BCUT2D eigenvalue weighted by atomic mass is 10.1. The number of halogens is 1. The molecule has 0 saturated carbocycles. The van der Waals surface area contributed by atoms with Gasteiger partial charge >= 0.3 is 5.97 Å². The molecule has 7 heteroatoms. The third-order valence-electron chi connectivity index (χ3n) is 4.52. The average Bonchev–Trinajstić information content (AvgIpc) is 2.67. The van der Waals surface area contributed by atoms with Crippen LogP contribution in [0.3, 0.4) is 0 Å². The summed E-state index contributed by atoms with van der Waals surface area (Å²) in [4.78, 5) is 12.2. The number of sulfonamides is 1. The molecule has 144 valence electrons. The first-order valence-electron chi connectivity index (χ1n) is 9.00. The molecule has 0 unspecified atom stereocenters. The number of nitrogens with zero attached hydrogens (tertiary/aromatic N) is 1. The highest BCUT2D eigenvalue weighted by Crippen LogP contribution is 2.21. The number of benzene rings is 2. The van der Waals surface area contributed by atoms with Gasteiger partial charge in [0.05, 0.1) is 4.90 Å². The van der Waals surface area contributed by atoms with Crippen molar-refractivity contribution in [2.75, 3.05) is 13.1 Å². The van der Waals surface area contributed by atoms with Crippen LogP contribution in [0.1, 0.15) is 31.2 Å². The number of carbonyl (C=O) groups is 1. The number of hydrogen-bond acceptors (Lipinski definition) is 4. The van der Waals surface area contributed by atoms with Gasteiger partial charge in [-0.2, -0.15) is 4.31 Å². The van der Waals surface area contributed by atoms with Crippen LogP contribution in [0.5, 0.6) is 5.75 Å². The molecule has 0 amide bonds. The molecule has 0 aliphatic carbocycles. The normalized spacial score (nSPS) is 15.4. The zero-order valence-corrected chi connectivity index (χ0v) is 15.8. The van der Waals surface area contributed by atoms with E-state index in [1.54, 1.807) is 24.3 Å². The van der Waals surface area contributed by atoms with Crippen LogP contribution in [0.2, 0.25) is 0 Å². The van der Waals surface area contributed by atoms with Crippen molar-refractivity contribution < 1.29 is 22.3 Å². The third-order valence-corrected chi connectivity index (χ3v) is 6.43. The molecule has 0 atom stereocenters. The van der Waals surface area contributed by atoms with Crippen LogP contribution in [0.4, 0.5) is 4.39 Å². The molecule has 2 aromatic carbocycles. The number of rotatable bonds is 6. The zero-order valence-electron chi connectivity index (χ0n) is 14.9. The van der Waals surface area contributed by atoms with E-state index < -0.39 is 21.8 Å². The van der Waals surface area contributed by atoms with Crippen molar-refractivity contribution in [1.82, 2.24) is 4.31 Å². The maximum Gasteiger partial charge on any atom is 0.311 e. The third kappa shape index (κ3) is 5.14. The van der Waals surface area contributed by atoms with E-state index >= 15 is 0 Å². The Hall–Kier alpha value is -2.25. The fourth-order valence-corrected chi connectivity index (χ4v) is 4.56. The number of hydrogen-bond donors (Lipinski definition) is 0. The summed E-state index contributed by atoms with van der Waals surface area (Å²) in [5.74, 6) is -0.764. The Kier molecular flexibility index (Phi) is 6.23. The van der Waals surface area contributed by atoms with Gasteiger partial charge in [-0.25, -0.2) is 12.8 Å². The summed E-state index contributed by atoms with van der Waals surface area (Å²) in [5, 5.41) is 0. The van der Waals surface area contributed by atoms with E-state index in [0.717, 1.165) is 30.9 Å². The molecule has 0 N–H and O–H groups in total. The van der Waals surface area contributed by atoms with Crippen LogP contribution >= 0.6 is 0 Å². The Labute approximate surface area is 158 Å². The van der Waals surface area contributed by atoms with Gasteiger partial charge in [0, 0.05) is 25.6 Å². The first kappa shape index (κ1) is 19.5. The Morgan fingerprint density at radius 2 is 1.74 bits per heavy atom. The van der Waals surface area contributed by atoms with Gasteiger partial charge in [0.25, 0.3) is 0 Å². The van der Waals surface area contributed by atoms with Crippen LogP contribution in [-0.4, -0.2) is 31.8 Å².